The summed E-state index contributed by atoms with van der Waals surface area (Å²) in [4.78, 5) is 56.5. The van der Waals surface area contributed by atoms with Crippen LogP contribution in [0.4, 0.5) is 0 Å². The number of rotatable bonds is 14. The minimum Gasteiger partial charge on any atom is -0.480 e. The van der Waals surface area contributed by atoms with E-state index in [1.165, 1.54) is 19.4 Å². The second-order valence-electron chi connectivity index (χ2n) is 9.02. The largest absolute Gasteiger partial charge is 0.480 e. The van der Waals surface area contributed by atoms with Gasteiger partial charge in [0.25, 0.3) is 0 Å². The number of hydrogen-bond acceptors (Lipinski definition) is 7. The Morgan fingerprint density at radius 2 is 1.62 bits per heavy atom. The standard InChI is InChI=1S/C22H38N6O6/c1-6-12(4)17(27-19(30)15(23)7-11(2)3)20(31)28-18(13(5)29)21(32)26-16(22(33)34)8-14-9-24-10-25-14/h9-13,15-18,29H,6-8,23H2,1-5H3,(H,24,25)(H,26,32)(H,27,30)(H,28,31)(H,33,34). The fraction of sp³-hybridized carbons (Fsp3) is 0.682. The van der Waals surface area contributed by atoms with Crippen molar-refractivity contribution < 1.29 is 29.4 Å². The first-order valence-corrected chi connectivity index (χ1v) is 11.4. The lowest BCUT2D eigenvalue weighted by molar-refractivity contribution is -0.143. The molecule has 0 bridgehead atoms. The molecule has 0 radical (unpaired) electrons. The van der Waals surface area contributed by atoms with Gasteiger partial charge in [0.15, 0.2) is 0 Å². The third kappa shape index (κ3) is 9.10. The number of hydrogen-bond donors (Lipinski definition) is 7. The van der Waals surface area contributed by atoms with Crippen molar-refractivity contribution in [3.8, 4) is 0 Å². The molecule has 8 N–H and O–H groups in total. The summed E-state index contributed by atoms with van der Waals surface area (Å²) in [6, 6.07) is -4.55. The number of carboxylic acid groups (broad SMARTS) is 1. The highest BCUT2D eigenvalue weighted by molar-refractivity contribution is 5.94. The summed E-state index contributed by atoms with van der Waals surface area (Å²) >= 11 is 0. The Kier molecular flexibility index (Phi) is 11.7. The van der Waals surface area contributed by atoms with Gasteiger partial charge in [-0.3, -0.25) is 14.4 Å². The maximum atomic E-state index is 13.0. The number of aromatic nitrogens is 2. The van der Waals surface area contributed by atoms with E-state index >= 15 is 0 Å². The monoisotopic (exact) mass is 482 g/mol. The number of imidazole rings is 1. The minimum absolute atomic E-state index is 0.0686. The van der Waals surface area contributed by atoms with Crippen molar-refractivity contribution in [2.75, 3.05) is 0 Å². The summed E-state index contributed by atoms with van der Waals surface area (Å²) < 4.78 is 0. The first-order chi connectivity index (χ1) is 15.9. The number of nitrogens with two attached hydrogens (primary N) is 1. The second kappa shape index (κ2) is 13.7. The van der Waals surface area contributed by atoms with Crippen LogP contribution in [-0.4, -0.2) is 74.1 Å². The lowest BCUT2D eigenvalue weighted by Gasteiger charge is -2.29. The molecule has 1 aromatic heterocycles. The van der Waals surface area contributed by atoms with Gasteiger partial charge in [-0.25, -0.2) is 9.78 Å². The Hall–Kier alpha value is -2.99. The number of aliphatic hydroxyl groups is 1. The second-order valence-corrected chi connectivity index (χ2v) is 9.02. The van der Waals surface area contributed by atoms with Gasteiger partial charge in [0.2, 0.25) is 17.7 Å². The summed E-state index contributed by atoms with van der Waals surface area (Å²) in [6.07, 6.45) is 2.40. The zero-order valence-corrected chi connectivity index (χ0v) is 20.4. The van der Waals surface area contributed by atoms with E-state index in [9.17, 15) is 29.4 Å². The van der Waals surface area contributed by atoms with Gasteiger partial charge in [0.1, 0.15) is 18.1 Å². The van der Waals surface area contributed by atoms with Crippen molar-refractivity contribution in [3.63, 3.8) is 0 Å². The average molecular weight is 483 g/mol. The van der Waals surface area contributed by atoms with Crippen LogP contribution in [0.15, 0.2) is 12.5 Å². The molecule has 1 aromatic rings. The number of aromatic amines is 1. The molecule has 192 valence electrons. The van der Waals surface area contributed by atoms with Crippen molar-refractivity contribution in [3.05, 3.63) is 18.2 Å². The third-order valence-electron chi connectivity index (χ3n) is 5.51. The van der Waals surface area contributed by atoms with E-state index < -0.39 is 54.0 Å². The van der Waals surface area contributed by atoms with Crippen LogP contribution in [0.5, 0.6) is 0 Å². The average Bonchev–Trinajstić information content (AvgIpc) is 3.26. The first kappa shape index (κ1) is 29.0. The normalized spacial score (nSPS) is 16.6. The molecule has 3 amide bonds. The van der Waals surface area contributed by atoms with Crippen LogP contribution >= 0.6 is 0 Å². The van der Waals surface area contributed by atoms with Gasteiger partial charge in [-0.15, -0.1) is 0 Å². The van der Waals surface area contributed by atoms with Gasteiger partial charge in [0.05, 0.1) is 18.5 Å². The van der Waals surface area contributed by atoms with E-state index in [4.69, 9.17) is 5.73 Å². The van der Waals surface area contributed by atoms with Crippen LogP contribution in [0.1, 0.15) is 53.2 Å². The third-order valence-corrected chi connectivity index (χ3v) is 5.51. The summed E-state index contributed by atoms with van der Waals surface area (Å²) in [6.45, 7) is 8.76. The molecule has 0 aliphatic carbocycles. The molecule has 6 atom stereocenters. The predicted octanol–water partition coefficient (Wildman–Crippen LogP) is -0.708. The Bertz CT molecular complexity index is 813. The van der Waals surface area contributed by atoms with E-state index in [1.807, 2.05) is 20.8 Å². The van der Waals surface area contributed by atoms with Crippen LogP contribution in [0.25, 0.3) is 0 Å². The molecule has 1 heterocycles. The molecule has 34 heavy (non-hydrogen) atoms. The van der Waals surface area contributed by atoms with E-state index in [-0.39, 0.29) is 18.3 Å². The molecule has 0 aliphatic heterocycles. The fourth-order valence-electron chi connectivity index (χ4n) is 3.30. The molecular weight excluding hydrogens is 444 g/mol. The number of H-pyrrole nitrogens is 1. The predicted molar refractivity (Wildman–Crippen MR) is 124 cm³/mol. The SMILES string of the molecule is CCC(C)C(NC(=O)C(N)CC(C)C)C(=O)NC(C(=O)NC(Cc1cnc[nH]1)C(=O)O)C(C)O. The zero-order valence-electron chi connectivity index (χ0n) is 20.4. The number of carbonyl (C=O) groups is 4. The molecule has 0 aromatic carbocycles. The molecule has 0 saturated heterocycles. The van der Waals surface area contributed by atoms with Crippen LogP contribution in [0, 0.1) is 11.8 Å². The van der Waals surface area contributed by atoms with Gasteiger partial charge in [-0.05, 0) is 25.2 Å². The van der Waals surface area contributed by atoms with E-state index in [0.29, 0.717) is 18.5 Å². The Balaban J connectivity index is 2.95. The lowest BCUT2D eigenvalue weighted by atomic mass is 9.96. The molecule has 0 spiro atoms. The molecule has 6 unspecified atom stereocenters. The number of nitrogens with one attached hydrogen (secondary N) is 4. The lowest BCUT2D eigenvalue weighted by Crippen LogP contribution is -2.61. The maximum Gasteiger partial charge on any atom is 0.326 e. The molecule has 0 fully saturated rings. The highest BCUT2D eigenvalue weighted by atomic mass is 16.4. The number of amides is 3. The van der Waals surface area contributed by atoms with Gasteiger partial charge < -0.3 is 36.9 Å². The summed E-state index contributed by atoms with van der Waals surface area (Å²) in [7, 11) is 0. The van der Waals surface area contributed by atoms with Crippen LogP contribution in [0.2, 0.25) is 0 Å². The summed E-state index contributed by atoms with van der Waals surface area (Å²) in [5.41, 5.74) is 6.42. The van der Waals surface area contributed by atoms with Crippen molar-refractivity contribution >= 4 is 23.7 Å². The van der Waals surface area contributed by atoms with Crippen LogP contribution < -0.4 is 21.7 Å². The Morgan fingerprint density at radius 3 is 2.09 bits per heavy atom. The Morgan fingerprint density at radius 1 is 1.03 bits per heavy atom. The molecular formula is C22H38N6O6. The number of aliphatic hydroxyl groups excluding tert-OH is 1. The minimum atomic E-state index is -1.44. The number of aliphatic carboxylic acids is 1. The first-order valence-electron chi connectivity index (χ1n) is 11.4. The quantitative estimate of drug-likeness (QED) is 0.180. The topological polar surface area (TPSA) is 200 Å². The van der Waals surface area contributed by atoms with Crippen molar-refractivity contribution in [1.29, 1.82) is 0 Å². The van der Waals surface area contributed by atoms with Crippen LogP contribution in [0.3, 0.4) is 0 Å². The van der Waals surface area contributed by atoms with Gasteiger partial charge in [0, 0.05) is 18.3 Å². The molecule has 1 rings (SSSR count). The number of carboxylic acids is 1. The van der Waals surface area contributed by atoms with Gasteiger partial charge in [-0.2, -0.15) is 0 Å². The molecule has 0 saturated carbocycles. The van der Waals surface area contributed by atoms with Gasteiger partial charge >= 0.3 is 5.97 Å². The molecule has 12 nitrogen and oxygen atoms in total. The van der Waals surface area contributed by atoms with E-state index in [2.05, 4.69) is 25.9 Å². The highest BCUT2D eigenvalue weighted by Crippen LogP contribution is 2.11. The highest BCUT2D eigenvalue weighted by Gasteiger charge is 2.34. The number of carbonyl (C=O) groups excluding carboxylic acids is 3. The van der Waals surface area contributed by atoms with Crippen molar-refractivity contribution in [2.24, 2.45) is 17.6 Å². The van der Waals surface area contributed by atoms with E-state index in [0.717, 1.165) is 0 Å². The fourth-order valence-corrected chi connectivity index (χ4v) is 3.30. The smallest absolute Gasteiger partial charge is 0.326 e. The summed E-state index contributed by atoms with van der Waals surface area (Å²) in [5, 5.41) is 27.0. The maximum absolute atomic E-state index is 13.0. The molecule has 12 heteroatoms. The van der Waals surface area contributed by atoms with Crippen LogP contribution in [-0.2, 0) is 25.6 Å². The van der Waals surface area contributed by atoms with E-state index in [1.54, 1.807) is 6.92 Å². The number of nitrogens with zero attached hydrogens (tertiary/aromatic N) is 1. The zero-order chi connectivity index (χ0) is 26.0. The van der Waals surface area contributed by atoms with Crippen molar-refractivity contribution in [2.45, 2.75) is 84.2 Å². The summed E-state index contributed by atoms with van der Waals surface area (Å²) in [5.74, 6) is -3.44. The van der Waals surface area contributed by atoms with Gasteiger partial charge in [-0.1, -0.05) is 34.1 Å². The van der Waals surface area contributed by atoms with Crippen molar-refractivity contribution in [1.82, 2.24) is 25.9 Å². The molecule has 0 aliphatic rings. The Labute approximate surface area is 199 Å².